The second-order valence-corrected chi connectivity index (χ2v) is 5.21. The maximum Gasteiger partial charge on any atom is 0.0771 e. The summed E-state index contributed by atoms with van der Waals surface area (Å²) in [7, 11) is 0. The van der Waals surface area contributed by atoms with Crippen LogP contribution in [0.1, 0.15) is 29.7 Å². The van der Waals surface area contributed by atoms with E-state index in [1.165, 1.54) is 16.9 Å². The normalized spacial score (nSPS) is 19.3. The first-order valence-corrected chi connectivity index (χ1v) is 6.04. The second kappa shape index (κ2) is 4.01. The highest BCUT2D eigenvalue weighted by Gasteiger charge is 2.33. The van der Waals surface area contributed by atoms with Crippen LogP contribution in [-0.2, 0) is 6.54 Å². The van der Waals surface area contributed by atoms with Crippen molar-refractivity contribution in [2.24, 2.45) is 0 Å². The largest absolute Gasteiger partial charge is 0.389 e. The third-order valence-corrected chi connectivity index (χ3v) is 4.02. The lowest BCUT2D eigenvalue weighted by Gasteiger charge is -2.36. The molecule has 0 atom stereocenters. The summed E-state index contributed by atoms with van der Waals surface area (Å²) < 4.78 is 0. The number of rotatable bonds is 4. The van der Waals surface area contributed by atoms with Gasteiger partial charge in [0.25, 0.3) is 0 Å². The van der Waals surface area contributed by atoms with Gasteiger partial charge in [-0.05, 0) is 43.2 Å². The van der Waals surface area contributed by atoms with E-state index in [-0.39, 0.29) is 0 Å². The first-order chi connectivity index (χ1) is 6.70. The van der Waals surface area contributed by atoms with Crippen molar-refractivity contribution in [2.75, 3.05) is 6.54 Å². The van der Waals surface area contributed by atoms with E-state index < -0.39 is 5.60 Å². The molecule has 0 aliphatic heterocycles. The Bertz CT molecular complexity index is 304. The zero-order chi connectivity index (χ0) is 10.0. The summed E-state index contributed by atoms with van der Waals surface area (Å²) in [5.41, 5.74) is 0.952. The van der Waals surface area contributed by atoms with Crippen LogP contribution in [0.15, 0.2) is 11.4 Å². The van der Waals surface area contributed by atoms with Crippen molar-refractivity contribution in [1.82, 2.24) is 5.32 Å². The second-order valence-electron chi connectivity index (χ2n) is 4.21. The average molecular weight is 211 g/mol. The Morgan fingerprint density at radius 2 is 2.36 bits per heavy atom. The molecule has 1 aliphatic carbocycles. The molecule has 1 aromatic heterocycles. The van der Waals surface area contributed by atoms with E-state index in [1.54, 1.807) is 11.3 Å². The molecule has 1 saturated carbocycles. The molecule has 1 aromatic rings. The van der Waals surface area contributed by atoms with Crippen molar-refractivity contribution in [3.8, 4) is 0 Å². The monoisotopic (exact) mass is 211 g/mol. The maximum absolute atomic E-state index is 9.85. The number of hydrogen-bond acceptors (Lipinski definition) is 3. The molecule has 2 nitrogen and oxygen atoms in total. The molecule has 0 radical (unpaired) electrons. The van der Waals surface area contributed by atoms with Gasteiger partial charge in [0.2, 0.25) is 0 Å². The highest BCUT2D eigenvalue weighted by molar-refractivity contribution is 7.10. The van der Waals surface area contributed by atoms with Crippen LogP contribution in [0.2, 0.25) is 0 Å². The fourth-order valence-corrected chi connectivity index (χ4v) is 2.63. The number of nitrogens with one attached hydrogen (secondary N) is 1. The lowest BCUT2D eigenvalue weighted by atomic mass is 9.80. The van der Waals surface area contributed by atoms with Crippen molar-refractivity contribution >= 4 is 11.3 Å². The molecule has 2 N–H and O–H groups in total. The molecule has 1 fully saturated rings. The van der Waals surface area contributed by atoms with Crippen molar-refractivity contribution in [3.63, 3.8) is 0 Å². The van der Waals surface area contributed by atoms with Gasteiger partial charge in [-0.25, -0.2) is 0 Å². The van der Waals surface area contributed by atoms with E-state index >= 15 is 0 Å². The van der Waals surface area contributed by atoms with E-state index in [1.807, 2.05) is 0 Å². The maximum atomic E-state index is 9.85. The molecule has 78 valence electrons. The van der Waals surface area contributed by atoms with Gasteiger partial charge in [-0.3, -0.25) is 0 Å². The fourth-order valence-electron chi connectivity index (χ4n) is 1.76. The van der Waals surface area contributed by atoms with Crippen LogP contribution in [0, 0.1) is 6.92 Å². The van der Waals surface area contributed by atoms with E-state index in [9.17, 15) is 5.11 Å². The Balaban J connectivity index is 1.75. The van der Waals surface area contributed by atoms with Crippen LogP contribution in [0.5, 0.6) is 0 Å². The van der Waals surface area contributed by atoms with Crippen LogP contribution >= 0.6 is 11.3 Å². The minimum absolute atomic E-state index is 0.398. The summed E-state index contributed by atoms with van der Waals surface area (Å²) in [5, 5.41) is 15.3. The Morgan fingerprint density at radius 1 is 1.57 bits per heavy atom. The lowest BCUT2D eigenvalue weighted by Crippen LogP contribution is -2.45. The van der Waals surface area contributed by atoms with Gasteiger partial charge in [0.05, 0.1) is 5.60 Å². The lowest BCUT2D eigenvalue weighted by molar-refractivity contribution is -0.0314. The number of hydrogen-bond donors (Lipinski definition) is 2. The minimum atomic E-state index is -0.398. The zero-order valence-corrected chi connectivity index (χ0v) is 9.36. The first-order valence-electron chi connectivity index (χ1n) is 5.16. The summed E-state index contributed by atoms with van der Waals surface area (Å²) in [5.74, 6) is 0. The molecule has 0 aromatic carbocycles. The quantitative estimate of drug-likeness (QED) is 0.799. The minimum Gasteiger partial charge on any atom is -0.389 e. The summed E-state index contributed by atoms with van der Waals surface area (Å²) in [4.78, 5) is 1.38. The summed E-state index contributed by atoms with van der Waals surface area (Å²) in [6, 6.07) is 2.14. The van der Waals surface area contributed by atoms with Gasteiger partial charge in [0, 0.05) is 18.0 Å². The number of aryl methyl sites for hydroxylation is 1. The molecule has 1 heterocycles. The van der Waals surface area contributed by atoms with Gasteiger partial charge in [-0.15, -0.1) is 11.3 Å². The molecule has 0 bridgehead atoms. The first kappa shape index (κ1) is 10.1. The van der Waals surface area contributed by atoms with Gasteiger partial charge in [-0.2, -0.15) is 0 Å². The van der Waals surface area contributed by atoms with Gasteiger partial charge < -0.3 is 10.4 Å². The fraction of sp³-hybridized carbons (Fsp3) is 0.636. The molecule has 2 rings (SSSR count). The molecule has 0 spiro atoms. The Labute approximate surface area is 89.0 Å². The highest BCUT2D eigenvalue weighted by Crippen LogP contribution is 2.30. The standard InChI is InChI=1S/C11H17NOS/c1-9-3-6-14-10(9)7-12-8-11(13)4-2-5-11/h3,6,12-13H,2,4-5,7-8H2,1H3. The SMILES string of the molecule is Cc1ccsc1CNCC1(O)CCC1. The predicted molar refractivity (Wildman–Crippen MR) is 59.6 cm³/mol. The van der Waals surface area contributed by atoms with Crippen molar-refractivity contribution in [3.05, 3.63) is 21.9 Å². The molecular weight excluding hydrogens is 194 g/mol. The Hall–Kier alpha value is -0.380. The van der Waals surface area contributed by atoms with Crippen molar-refractivity contribution < 1.29 is 5.11 Å². The molecule has 0 unspecified atom stereocenters. The van der Waals surface area contributed by atoms with Gasteiger partial charge in [0.15, 0.2) is 0 Å². The Kier molecular flexibility index (Phi) is 2.91. The van der Waals surface area contributed by atoms with E-state index in [0.717, 1.165) is 25.9 Å². The van der Waals surface area contributed by atoms with Crippen LogP contribution < -0.4 is 5.32 Å². The van der Waals surface area contributed by atoms with Crippen molar-refractivity contribution in [1.29, 1.82) is 0 Å². The molecule has 0 saturated heterocycles. The highest BCUT2D eigenvalue weighted by atomic mass is 32.1. The molecule has 0 amide bonds. The van der Waals surface area contributed by atoms with E-state index in [4.69, 9.17) is 0 Å². The summed E-state index contributed by atoms with van der Waals surface area (Å²) in [6.07, 6.45) is 3.10. The third kappa shape index (κ3) is 2.16. The van der Waals surface area contributed by atoms with Gasteiger partial charge >= 0.3 is 0 Å². The van der Waals surface area contributed by atoms with Crippen LogP contribution in [0.25, 0.3) is 0 Å². The summed E-state index contributed by atoms with van der Waals surface area (Å²) >= 11 is 1.78. The molecule has 14 heavy (non-hydrogen) atoms. The summed E-state index contributed by atoms with van der Waals surface area (Å²) in [6.45, 7) is 3.77. The number of thiophene rings is 1. The molecule has 3 heteroatoms. The topological polar surface area (TPSA) is 32.3 Å². The molecular formula is C11H17NOS. The van der Waals surface area contributed by atoms with Crippen LogP contribution in [0.4, 0.5) is 0 Å². The predicted octanol–water partition coefficient (Wildman–Crippen LogP) is 2.06. The van der Waals surface area contributed by atoms with E-state index in [2.05, 4.69) is 23.7 Å². The van der Waals surface area contributed by atoms with Gasteiger partial charge in [-0.1, -0.05) is 0 Å². The zero-order valence-electron chi connectivity index (χ0n) is 8.55. The van der Waals surface area contributed by atoms with Crippen LogP contribution in [-0.4, -0.2) is 17.3 Å². The van der Waals surface area contributed by atoms with Crippen LogP contribution in [0.3, 0.4) is 0 Å². The van der Waals surface area contributed by atoms with Gasteiger partial charge in [0.1, 0.15) is 0 Å². The van der Waals surface area contributed by atoms with E-state index in [0.29, 0.717) is 0 Å². The third-order valence-electron chi connectivity index (χ3n) is 2.99. The average Bonchev–Trinajstić information content (AvgIpc) is 2.49. The van der Waals surface area contributed by atoms with Crippen molar-refractivity contribution in [2.45, 2.75) is 38.3 Å². The smallest absolute Gasteiger partial charge is 0.0771 e. The number of aliphatic hydroxyl groups is 1. The Morgan fingerprint density at radius 3 is 2.86 bits per heavy atom. The molecule has 1 aliphatic rings.